The minimum absolute atomic E-state index is 0.691. The molecule has 1 aromatic carbocycles. The van der Waals surface area contributed by atoms with Gasteiger partial charge in [0.25, 0.3) is 0 Å². The highest BCUT2D eigenvalue weighted by Crippen LogP contribution is 2.19. The number of rotatable bonds is 6. The second-order valence-electron chi connectivity index (χ2n) is 5.20. The molecule has 0 saturated heterocycles. The molecule has 0 radical (unpaired) electrons. The lowest BCUT2D eigenvalue weighted by atomic mass is 10.1. The van der Waals surface area contributed by atoms with Crippen LogP contribution in [-0.4, -0.2) is 16.3 Å². The molecule has 0 aliphatic rings. The molecule has 3 heteroatoms. The first-order chi connectivity index (χ1) is 9.71. The predicted molar refractivity (Wildman–Crippen MR) is 84.0 cm³/mol. The van der Waals surface area contributed by atoms with Crippen molar-refractivity contribution < 1.29 is 0 Å². The minimum Gasteiger partial charge on any atom is -0.330 e. The first-order valence-electron chi connectivity index (χ1n) is 7.53. The Morgan fingerprint density at radius 3 is 2.50 bits per heavy atom. The van der Waals surface area contributed by atoms with Crippen LogP contribution in [0.25, 0.3) is 0 Å². The van der Waals surface area contributed by atoms with E-state index in [1.807, 2.05) is 0 Å². The summed E-state index contributed by atoms with van der Waals surface area (Å²) in [7, 11) is 0. The number of hydrogen-bond acceptors (Lipinski definition) is 2. The van der Waals surface area contributed by atoms with E-state index in [0.29, 0.717) is 6.54 Å². The van der Waals surface area contributed by atoms with Gasteiger partial charge in [0.15, 0.2) is 0 Å². The second-order valence-corrected chi connectivity index (χ2v) is 5.20. The number of benzene rings is 1. The van der Waals surface area contributed by atoms with Gasteiger partial charge in [-0.2, -0.15) is 5.10 Å². The molecule has 1 heterocycles. The maximum Gasteiger partial charge on any atom is 0.0665 e. The number of hydrogen-bond donors (Lipinski definition) is 1. The van der Waals surface area contributed by atoms with E-state index in [4.69, 9.17) is 10.8 Å². The average molecular weight is 271 g/mol. The van der Waals surface area contributed by atoms with Gasteiger partial charge in [-0.25, -0.2) is 0 Å². The van der Waals surface area contributed by atoms with Crippen LogP contribution in [0.5, 0.6) is 0 Å². The summed E-state index contributed by atoms with van der Waals surface area (Å²) in [5, 5.41) is 4.82. The number of nitrogens with zero attached hydrogens (tertiary/aromatic N) is 2. The molecule has 0 atom stereocenters. The molecule has 20 heavy (non-hydrogen) atoms. The Labute approximate surface area is 121 Å². The van der Waals surface area contributed by atoms with Crippen LogP contribution in [0.1, 0.15) is 41.9 Å². The molecule has 0 bridgehead atoms. The highest BCUT2D eigenvalue weighted by Gasteiger charge is 2.15. The molecule has 0 aliphatic heterocycles. The first-order valence-corrected chi connectivity index (χ1v) is 7.53. The van der Waals surface area contributed by atoms with Gasteiger partial charge in [-0.3, -0.25) is 4.68 Å². The zero-order valence-electron chi connectivity index (χ0n) is 12.8. The maximum absolute atomic E-state index is 5.76. The highest BCUT2D eigenvalue weighted by atomic mass is 15.3. The molecule has 3 nitrogen and oxygen atoms in total. The highest BCUT2D eigenvalue weighted by molar-refractivity contribution is 5.30. The van der Waals surface area contributed by atoms with Crippen molar-refractivity contribution >= 4 is 0 Å². The summed E-state index contributed by atoms with van der Waals surface area (Å²) in [4.78, 5) is 0. The molecule has 0 aliphatic carbocycles. The number of aryl methyl sites for hydroxylation is 2. The van der Waals surface area contributed by atoms with Crippen molar-refractivity contribution in [1.29, 1.82) is 0 Å². The van der Waals surface area contributed by atoms with Crippen molar-refractivity contribution in [3.05, 3.63) is 52.3 Å². The molecular weight excluding hydrogens is 246 g/mol. The Morgan fingerprint density at radius 1 is 1.15 bits per heavy atom. The van der Waals surface area contributed by atoms with Crippen LogP contribution in [0.3, 0.4) is 0 Å². The van der Waals surface area contributed by atoms with Crippen LogP contribution in [0, 0.1) is 6.92 Å². The lowest BCUT2D eigenvalue weighted by Gasteiger charge is -2.10. The normalized spacial score (nSPS) is 11.0. The quantitative estimate of drug-likeness (QED) is 0.878. The fourth-order valence-electron chi connectivity index (χ4n) is 2.78. The maximum atomic E-state index is 5.76. The zero-order valence-corrected chi connectivity index (χ0v) is 12.8. The summed E-state index contributed by atoms with van der Waals surface area (Å²) >= 11 is 0. The van der Waals surface area contributed by atoms with Crippen molar-refractivity contribution in [2.75, 3.05) is 6.54 Å². The average Bonchev–Trinajstić information content (AvgIpc) is 2.79. The van der Waals surface area contributed by atoms with Gasteiger partial charge in [-0.05, 0) is 49.4 Å². The largest absolute Gasteiger partial charge is 0.330 e. The smallest absolute Gasteiger partial charge is 0.0665 e. The SMILES string of the molecule is CCc1nn(Cc2ccccc2C)c(CC)c1CCN. The molecule has 0 fully saturated rings. The van der Waals surface area contributed by atoms with Crippen LogP contribution < -0.4 is 5.73 Å². The van der Waals surface area contributed by atoms with Crippen LogP contribution in [-0.2, 0) is 25.8 Å². The fourth-order valence-corrected chi connectivity index (χ4v) is 2.78. The van der Waals surface area contributed by atoms with E-state index in [-0.39, 0.29) is 0 Å². The molecule has 2 aromatic rings. The van der Waals surface area contributed by atoms with E-state index < -0.39 is 0 Å². The lowest BCUT2D eigenvalue weighted by molar-refractivity contribution is 0.637. The van der Waals surface area contributed by atoms with Gasteiger partial charge in [0.05, 0.1) is 12.2 Å². The van der Waals surface area contributed by atoms with Crippen molar-refractivity contribution in [2.45, 2.75) is 46.6 Å². The van der Waals surface area contributed by atoms with Gasteiger partial charge >= 0.3 is 0 Å². The Hall–Kier alpha value is -1.61. The van der Waals surface area contributed by atoms with Gasteiger partial charge in [0.2, 0.25) is 0 Å². The molecule has 2 rings (SSSR count). The van der Waals surface area contributed by atoms with Crippen molar-refractivity contribution in [1.82, 2.24) is 9.78 Å². The van der Waals surface area contributed by atoms with E-state index in [9.17, 15) is 0 Å². The van der Waals surface area contributed by atoms with Crippen molar-refractivity contribution in [3.63, 3.8) is 0 Å². The summed E-state index contributed by atoms with van der Waals surface area (Å²) in [5.74, 6) is 0. The Kier molecular flexibility index (Phi) is 4.96. The van der Waals surface area contributed by atoms with Gasteiger partial charge in [-0.1, -0.05) is 38.1 Å². The van der Waals surface area contributed by atoms with Gasteiger partial charge in [0, 0.05) is 5.69 Å². The van der Waals surface area contributed by atoms with E-state index in [2.05, 4.69) is 49.7 Å². The van der Waals surface area contributed by atoms with E-state index in [0.717, 1.165) is 25.8 Å². The van der Waals surface area contributed by atoms with Gasteiger partial charge in [-0.15, -0.1) is 0 Å². The molecule has 0 unspecified atom stereocenters. The first kappa shape index (κ1) is 14.8. The molecule has 2 N–H and O–H groups in total. The second kappa shape index (κ2) is 6.71. The van der Waals surface area contributed by atoms with E-state index in [1.165, 1.54) is 28.1 Å². The lowest BCUT2D eigenvalue weighted by Crippen LogP contribution is -2.09. The Morgan fingerprint density at radius 2 is 1.90 bits per heavy atom. The monoisotopic (exact) mass is 271 g/mol. The molecule has 1 aromatic heterocycles. The third-order valence-corrected chi connectivity index (χ3v) is 3.90. The topological polar surface area (TPSA) is 43.8 Å². The molecular formula is C17H25N3. The van der Waals surface area contributed by atoms with Crippen molar-refractivity contribution in [2.24, 2.45) is 5.73 Å². The summed E-state index contributed by atoms with van der Waals surface area (Å²) in [6.45, 7) is 8.07. The number of nitrogens with two attached hydrogens (primary N) is 1. The fraction of sp³-hybridized carbons (Fsp3) is 0.471. The minimum atomic E-state index is 0.691. The van der Waals surface area contributed by atoms with E-state index in [1.54, 1.807) is 0 Å². The Balaban J connectivity index is 2.39. The van der Waals surface area contributed by atoms with Crippen LogP contribution >= 0.6 is 0 Å². The zero-order chi connectivity index (χ0) is 14.5. The van der Waals surface area contributed by atoms with Crippen LogP contribution in [0.2, 0.25) is 0 Å². The van der Waals surface area contributed by atoms with E-state index >= 15 is 0 Å². The molecule has 0 amide bonds. The third-order valence-electron chi connectivity index (χ3n) is 3.90. The summed E-state index contributed by atoms with van der Waals surface area (Å²) in [5.41, 5.74) is 12.3. The molecule has 0 saturated carbocycles. The summed E-state index contributed by atoms with van der Waals surface area (Å²) in [6, 6.07) is 8.52. The van der Waals surface area contributed by atoms with Gasteiger partial charge in [0.1, 0.15) is 0 Å². The predicted octanol–water partition coefficient (Wildman–Crippen LogP) is 2.87. The van der Waals surface area contributed by atoms with Crippen molar-refractivity contribution in [3.8, 4) is 0 Å². The standard InChI is InChI=1S/C17H25N3/c1-4-16-15(10-11-18)17(5-2)20(19-16)12-14-9-7-6-8-13(14)3/h6-9H,4-5,10-12,18H2,1-3H3. The van der Waals surface area contributed by atoms with Crippen LogP contribution in [0.15, 0.2) is 24.3 Å². The summed E-state index contributed by atoms with van der Waals surface area (Å²) < 4.78 is 2.17. The molecule has 108 valence electrons. The number of aromatic nitrogens is 2. The van der Waals surface area contributed by atoms with Gasteiger partial charge < -0.3 is 5.73 Å². The van der Waals surface area contributed by atoms with Crippen LogP contribution in [0.4, 0.5) is 0 Å². The summed E-state index contributed by atoms with van der Waals surface area (Å²) in [6.07, 6.45) is 2.91. The third kappa shape index (κ3) is 2.93. The Bertz CT molecular complexity index is 570. The molecule has 0 spiro atoms.